The van der Waals surface area contributed by atoms with E-state index in [1.165, 1.54) is 25.2 Å². The Hall–Kier alpha value is -2.95. The molecule has 0 saturated heterocycles. The molecule has 2 heterocycles. The third kappa shape index (κ3) is 5.83. The summed E-state index contributed by atoms with van der Waals surface area (Å²) in [5.74, 6) is 0.502. The van der Waals surface area contributed by atoms with E-state index in [9.17, 15) is 13.2 Å². The molecule has 2 aliphatic rings. The van der Waals surface area contributed by atoms with E-state index >= 15 is 0 Å². The van der Waals surface area contributed by atoms with Crippen molar-refractivity contribution in [3.8, 4) is 17.0 Å². The van der Waals surface area contributed by atoms with Crippen LogP contribution in [0.2, 0.25) is 0 Å². The second-order valence-electron chi connectivity index (χ2n) is 9.34. The van der Waals surface area contributed by atoms with Gasteiger partial charge in [-0.25, -0.2) is 14.5 Å². The van der Waals surface area contributed by atoms with Crippen molar-refractivity contribution < 1.29 is 17.9 Å². The molecule has 0 unspecified atom stereocenters. The van der Waals surface area contributed by atoms with Gasteiger partial charge in [-0.1, -0.05) is 12.1 Å². The van der Waals surface area contributed by atoms with Gasteiger partial charge in [-0.15, -0.1) is 0 Å². The Morgan fingerprint density at radius 2 is 2.06 bits per heavy atom. The molecular formula is C25H33N5O4S. The highest BCUT2D eigenvalue weighted by molar-refractivity contribution is 7.87. The number of carbonyl (C=O) groups is 1. The van der Waals surface area contributed by atoms with Crippen molar-refractivity contribution in [2.45, 2.75) is 32.6 Å². The molecule has 1 aliphatic carbocycles. The van der Waals surface area contributed by atoms with Gasteiger partial charge < -0.3 is 15.0 Å². The minimum Gasteiger partial charge on any atom is -0.473 e. The number of amides is 2. The number of nitrogens with one attached hydrogen (secondary N) is 2. The Morgan fingerprint density at radius 3 is 2.80 bits per heavy atom. The van der Waals surface area contributed by atoms with Gasteiger partial charge in [-0.2, -0.15) is 12.7 Å². The number of hydrogen-bond acceptors (Lipinski definition) is 6. The SMILES string of the molecule is Cc1cc2c(c(NC(=O)NS(=O)(=O)N(C)C)c1-c1ccnc(OCC3=CCCN(C)C3)c1)CCC2. The number of pyridine rings is 1. The van der Waals surface area contributed by atoms with E-state index in [4.69, 9.17) is 4.74 Å². The molecule has 35 heavy (non-hydrogen) atoms. The summed E-state index contributed by atoms with van der Waals surface area (Å²) in [5.41, 5.74) is 6.76. The molecule has 0 atom stereocenters. The van der Waals surface area contributed by atoms with Crippen molar-refractivity contribution in [2.24, 2.45) is 0 Å². The maximum atomic E-state index is 12.7. The van der Waals surface area contributed by atoms with Crippen molar-refractivity contribution in [1.82, 2.24) is 18.9 Å². The first kappa shape index (κ1) is 25.2. The Labute approximate surface area is 207 Å². The Bertz CT molecular complexity index is 1260. The number of benzene rings is 1. The molecule has 4 rings (SSSR count). The fourth-order valence-electron chi connectivity index (χ4n) is 4.65. The van der Waals surface area contributed by atoms with Crippen molar-refractivity contribution in [1.29, 1.82) is 0 Å². The van der Waals surface area contributed by atoms with Gasteiger partial charge in [-0.3, -0.25) is 0 Å². The molecule has 188 valence electrons. The van der Waals surface area contributed by atoms with Crippen LogP contribution in [0.4, 0.5) is 10.5 Å². The smallest absolute Gasteiger partial charge is 0.333 e. The predicted molar refractivity (Wildman–Crippen MR) is 137 cm³/mol. The molecule has 0 saturated carbocycles. The lowest BCUT2D eigenvalue weighted by molar-refractivity contribution is 0.256. The van der Waals surface area contributed by atoms with Crippen LogP contribution >= 0.6 is 0 Å². The fraction of sp³-hybridized carbons (Fsp3) is 0.440. The van der Waals surface area contributed by atoms with Crippen molar-refractivity contribution in [3.63, 3.8) is 0 Å². The molecule has 2 aromatic rings. The summed E-state index contributed by atoms with van der Waals surface area (Å²) in [6.07, 6.45) is 7.65. The summed E-state index contributed by atoms with van der Waals surface area (Å²) in [7, 11) is 0.912. The van der Waals surface area contributed by atoms with Gasteiger partial charge in [0.2, 0.25) is 5.88 Å². The van der Waals surface area contributed by atoms with E-state index in [1.807, 2.05) is 19.1 Å². The van der Waals surface area contributed by atoms with Gasteiger partial charge in [0.1, 0.15) is 6.61 Å². The monoisotopic (exact) mass is 499 g/mol. The molecule has 0 spiro atoms. The van der Waals surface area contributed by atoms with E-state index in [0.717, 1.165) is 65.3 Å². The first-order valence-corrected chi connectivity index (χ1v) is 13.2. The molecule has 1 aliphatic heterocycles. The predicted octanol–water partition coefficient (Wildman–Crippen LogP) is 3.11. The van der Waals surface area contributed by atoms with Gasteiger partial charge >= 0.3 is 16.2 Å². The molecular weight excluding hydrogens is 466 g/mol. The lowest BCUT2D eigenvalue weighted by Crippen LogP contribution is -2.41. The van der Waals surface area contributed by atoms with Gasteiger partial charge in [0.05, 0.1) is 5.69 Å². The molecule has 1 aromatic carbocycles. The first-order chi connectivity index (χ1) is 16.6. The van der Waals surface area contributed by atoms with Gasteiger partial charge in [0, 0.05) is 45.0 Å². The van der Waals surface area contributed by atoms with Crippen LogP contribution in [-0.2, 0) is 23.1 Å². The first-order valence-electron chi connectivity index (χ1n) is 11.8. The largest absolute Gasteiger partial charge is 0.473 e. The lowest BCUT2D eigenvalue weighted by Gasteiger charge is -2.23. The number of fused-ring (bicyclic) bond motifs is 1. The fourth-order valence-corrected chi connectivity index (χ4v) is 5.11. The molecule has 1 aromatic heterocycles. The summed E-state index contributed by atoms with van der Waals surface area (Å²) in [6.45, 7) is 4.40. The highest BCUT2D eigenvalue weighted by Gasteiger charge is 2.25. The van der Waals surface area contributed by atoms with E-state index < -0.39 is 16.2 Å². The molecule has 9 nitrogen and oxygen atoms in total. The minimum absolute atomic E-state index is 0.472. The number of aromatic nitrogens is 1. The zero-order valence-electron chi connectivity index (χ0n) is 20.7. The minimum atomic E-state index is -3.92. The molecule has 2 amide bonds. The highest BCUT2D eigenvalue weighted by Crippen LogP contribution is 2.40. The summed E-state index contributed by atoms with van der Waals surface area (Å²) in [5, 5.41) is 2.84. The number of ether oxygens (including phenoxy) is 1. The number of nitrogens with zero attached hydrogens (tertiary/aromatic N) is 3. The van der Waals surface area contributed by atoms with Crippen molar-refractivity contribution in [2.75, 3.05) is 46.2 Å². The van der Waals surface area contributed by atoms with Crippen LogP contribution in [-0.4, -0.2) is 69.5 Å². The zero-order valence-corrected chi connectivity index (χ0v) is 21.5. The quantitative estimate of drug-likeness (QED) is 0.568. The number of rotatable bonds is 7. The van der Waals surface area contributed by atoms with E-state index in [-0.39, 0.29) is 0 Å². The standard InChI is InChI=1S/C25H33N5O4S/c1-17-13-19-8-5-9-21(19)24(27-25(31)28-35(32,33)29(2)3)23(17)20-10-11-26-22(14-20)34-16-18-7-6-12-30(4)15-18/h7,10-11,13-14H,5-6,8-9,12,15-16H2,1-4H3,(H2,27,28,31). The average molecular weight is 500 g/mol. The zero-order chi connectivity index (χ0) is 25.2. The third-order valence-corrected chi connectivity index (χ3v) is 7.79. The van der Waals surface area contributed by atoms with Crippen LogP contribution in [0, 0.1) is 6.92 Å². The number of anilines is 1. The van der Waals surface area contributed by atoms with Crippen LogP contribution in [0.1, 0.15) is 29.5 Å². The maximum absolute atomic E-state index is 12.7. The van der Waals surface area contributed by atoms with Crippen LogP contribution in [0.3, 0.4) is 0 Å². The van der Waals surface area contributed by atoms with E-state index in [1.54, 1.807) is 6.20 Å². The van der Waals surface area contributed by atoms with Gasteiger partial charge in [0.15, 0.2) is 0 Å². The van der Waals surface area contributed by atoms with E-state index in [0.29, 0.717) is 18.2 Å². The summed E-state index contributed by atoms with van der Waals surface area (Å²) in [6, 6.07) is 5.11. The van der Waals surface area contributed by atoms with E-state index in [2.05, 4.69) is 39.1 Å². The van der Waals surface area contributed by atoms with Crippen LogP contribution < -0.4 is 14.8 Å². The maximum Gasteiger partial charge on any atom is 0.333 e. The van der Waals surface area contributed by atoms with Crippen molar-refractivity contribution >= 4 is 21.9 Å². The summed E-state index contributed by atoms with van der Waals surface area (Å²) in [4.78, 5) is 19.4. The highest BCUT2D eigenvalue weighted by atomic mass is 32.2. The number of aryl methyl sites for hydroxylation is 2. The van der Waals surface area contributed by atoms with Crippen LogP contribution in [0.15, 0.2) is 36.0 Å². The number of hydrogen-bond donors (Lipinski definition) is 2. The van der Waals surface area contributed by atoms with Gasteiger partial charge in [0.25, 0.3) is 0 Å². The third-order valence-electron chi connectivity index (χ3n) is 6.38. The van der Waals surface area contributed by atoms with Crippen molar-refractivity contribution in [3.05, 3.63) is 52.7 Å². The lowest BCUT2D eigenvalue weighted by atomic mass is 9.93. The Balaban J connectivity index is 1.64. The van der Waals surface area contributed by atoms with Gasteiger partial charge in [-0.05, 0) is 73.5 Å². The van der Waals surface area contributed by atoms with Crippen LogP contribution in [0.25, 0.3) is 11.1 Å². The molecule has 10 heteroatoms. The second-order valence-corrected chi connectivity index (χ2v) is 11.2. The Morgan fingerprint density at radius 1 is 1.26 bits per heavy atom. The topological polar surface area (TPSA) is 104 Å². The average Bonchev–Trinajstić information content (AvgIpc) is 3.26. The normalized spacial score (nSPS) is 16.1. The second kappa shape index (κ2) is 10.3. The number of carbonyl (C=O) groups excluding carboxylic acids is 1. The summed E-state index contributed by atoms with van der Waals surface area (Å²) < 4.78 is 33.4. The number of likely N-dealkylation sites (N-methyl/N-ethyl adjacent to an activating group) is 1. The molecule has 0 fully saturated rings. The van der Waals surface area contributed by atoms with Crippen LogP contribution in [0.5, 0.6) is 5.88 Å². The summed E-state index contributed by atoms with van der Waals surface area (Å²) >= 11 is 0. The number of urea groups is 1. The Kier molecular flexibility index (Phi) is 7.44. The molecule has 2 N–H and O–H groups in total. The molecule has 0 bridgehead atoms. The molecule has 0 radical (unpaired) electrons.